The number of nitrogens with zero attached hydrogens (tertiary/aromatic N) is 5. The van der Waals surface area contributed by atoms with Gasteiger partial charge in [0, 0.05) is 38.7 Å². The molecule has 0 saturated heterocycles. The smallest absolute Gasteiger partial charge is 0.190 e. The maximum atomic E-state index is 4.69. The van der Waals surface area contributed by atoms with E-state index in [1.165, 1.54) is 16.1 Å². The summed E-state index contributed by atoms with van der Waals surface area (Å²) in [4.78, 5) is 21.6. The molecular weight excluding hydrogens is 786 g/mol. The van der Waals surface area contributed by atoms with Crippen LogP contribution in [0.2, 0.25) is 26.2 Å². The Morgan fingerprint density at radius 2 is 1.26 bits per heavy atom. The summed E-state index contributed by atoms with van der Waals surface area (Å²) < 4.78 is 0. The molecule has 5 nitrogen and oxygen atoms in total. The van der Waals surface area contributed by atoms with Gasteiger partial charge in [-0.2, -0.15) is 0 Å². The van der Waals surface area contributed by atoms with Crippen LogP contribution in [-0.2, 0) is 20.1 Å². The minimum atomic E-state index is -1.90. The average molecular weight is 818 g/mol. The Balaban J connectivity index is 0.000000184. The van der Waals surface area contributed by atoms with Crippen LogP contribution < -0.4 is 42.1 Å². The van der Waals surface area contributed by atoms with E-state index in [1.807, 2.05) is 36.5 Å². The van der Waals surface area contributed by atoms with Crippen LogP contribution in [0.1, 0.15) is 0 Å². The molecule has 4 aromatic carbocycles. The number of imidazole rings is 1. The van der Waals surface area contributed by atoms with Crippen LogP contribution in [0, 0.1) is 6.07 Å². The van der Waals surface area contributed by atoms with Gasteiger partial charge in [-0.15, -0.1) is 33.5 Å². The molecule has 2 aliphatic rings. The van der Waals surface area contributed by atoms with Crippen molar-refractivity contribution in [3.63, 3.8) is 0 Å². The molecule has 0 spiro atoms. The van der Waals surface area contributed by atoms with Crippen molar-refractivity contribution in [3.8, 4) is 22.9 Å². The topological polar surface area (TPSA) is 65.7 Å². The maximum Gasteiger partial charge on any atom is 0.190 e. The van der Waals surface area contributed by atoms with Gasteiger partial charge in [0.25, 0.3) is 0 Å². The Morgan fingerprint density at radius 1 is 0.638 bits per heavy atom. The van der Waals surface area contributed by atoms with Gasteiger partial charge in [-0.05, 0) is 34.7 Å². The number of para-hydroxylation sites is 2. The Hall–Kier alpha value is -4.27. The van der Waals surface area contributed by atoms with E-state index in [0.717, 1.165) is 22.3 Å². The van der Waals surface area contributed by atoms with Gasteiger partial charge in [0.05, 0.1) is 16.1 Å². The fraction of sp³-hybridized carbons (Fsp3) is 0.105. The van der Waals surface area contributed by atoms with Gasteiger partial charge < -0.3 is 15.0 Å². The zero-order valence-corrected chi connectivity index (χ0v) is 31.1. The summed E-state index contributed by atoms with van der Waals surface area (Å²) in [5.41, 5.74) is 8.55. The Bertz CT molecular complexity index is 2130. The van der Waals surface area contributed by atoms with Gasteiger partial charge in [0.2, 0.25) is 0 Å². The van der Waals surface area contributed by atoms with Crippen LogP contribution in [0.15, 0.2) is 122 Å². The second-order valence-electron chi connectivity index (χ2n) is 13.1. The fourth-order valence-corrected chi connectivity index (χ4v) is 13.8. The van der Waals surface area contributed by atoms with Crippen molar-refractivity contribution in [2.45, 2.75) is 26.2 Å². The third-order valence-corrected chi connectivity index (χ3v) is 16.6. The molecule has 0 saturated carbocycles. The molecule has 0 bridgehead atoms. The predicted molar refractivity (Wildman–Crippen MR) is 196 cm³/mol. The van der Waals surface area contributed by atoms with Crippen molar-refractivity contribution in [2.24, 2.45) is 0 Å². The monoisotopic (exact) mass is 818 g/mol. The molecule has 9 rings (SSSR count). The average Bonchev–Trinajstić information content (AvgIpc) is 3.54. The van der Waals surface area contributed by atoms with E-state index in [2.05, 4.69) is 119 Å². The van der Waals surface area contributed by atoms with Gasteiger partial charge in [-0.1, -0.05) is 132 Å². The molecule has 0 atom stereocenters. The summed E-state index contributed by atoms with van der Waals surface area (Å²) in [6.45, 7) is 10.4. The third kappa shape index (κ3) is 5.18. The molecule has 0 amide bonds. The van der Waals surface area contributed by atoms with Crippen LogP contribution in [0.3, 0.4) is 0 Å². The summed E-state index contributed by atoms with van der Waals surface area (Å²) >= 11 is 0. The van der Waals surface area contributed by atoms with Gasteiger partial charge in [0.1, 0.15) is 0 Å². The SMILES string of the molecule is C[Si]1(C)c2[c-]c(-c3ccccn3)cc3c2B(c2ccccc21)c1ccccc1[Si]3(C)C.[Ir].c1cnc(-c2nc3ccccc3[n-]2)nc1. The number of hydrogen-bond donors (Lipinski definition) is 0. The Morgan fingerprint density at radius 3 is 1.94 bits per heavy atom. The molecule has 1 radical (unpaired) electrons. The number of fused-ring (bicyclic) bond motifs is 5. The summed E-state index contributed by atoms with van der Waals surface area (Å²) in [6.07, 6.45) is 5.26. The molecule has 0 aliphatic carbocycles. The Labute approximate surface area is 291 Å². The molecule has 9 heteroatoms. The molecule has 47 heavy (non-hydrogen) atoms. The first-order chi connectivity index (χ1) is 22.3. The van der Waals surface area contributed by atoms with Gasteiger partial charge in [-0.3, -0.25) is 0 Å². The van der Waals surface area contributed by atoms with Gasteiger partial charge in [0.15, 0.2) is 12.5 Å². The fourth-order valence-electron chi connectivity index (χ4n) is 7.38. The van der Waals surface area contributed by atoms with E-state index >= 15 is 0 Å². The first kappa shape index (κ1) is 31.3. The number of aromatic nitrogens is 5. The third-order valence-electron chi connectivity index (χ3n) is 9.63. The summed E-state index contributed by atoms with van der Waals surface area (Å²) in [5.74, 6) is 1.14. The second-order valence-corrected chi connectivity index (χ2v) is 21.7. The van der Waals surface area contributed by atoms with Crippen molar-refractivity contribution in [1.29, 1.82) is 0 Å². The first-order valence-corrected chi connectivity index (χ1v) is 21.7. The molecule has 0 unspecified atom stereocenters. The van der Waals surface area contributed by atoms with Gasteiger partial charge >= 0.3 is 0 Å². The van der Waals surface area contributed by atoms with Crippen LogP contribution in [0.4, 0.5) is 0 Å². The van der Waals surface area contributed by atoms with Crippen molar-refractivity contribution in [3.05, 3.63) is 128 Å². The van der Waals surface area contributed by atoms with E-state index < -0.39 is 16.1 Å². The Kier molecular flexibility index (Phi) is 8.05. The van der Waals surface area contributed by atoms with Crippen molar-refractivity contribution in [1.82, 2.24) is 24.9 Å². The number of hydrogen-bond acceptors (Lipinski definition) is 4. The predicted octanol–water partition coefficient (Wildman–Crippen LogP) is 2.98. The summed E-state index contributed by atoms with van der Waals surface area (Å²) in [6, 6.07) is 40.5. The van der Waals surface area contributed by atoms with Gasteiger partial charge in [-0.25, -0.2) is 9.97 Å². The van der Waals surface area contributed by atoms with E-state index in [1.54, 1.807) is 39.5 Å². The molecule has 231 valence electrons. The zero-order valence-electron chi connectivity index (χ0n) is 26.7. The summed E-state index contributed by atoms with van der Waals surface area (Å²) in [5, 5.41) is 6.21. The van der Waals surface area contributed by atoms with Crippen molar-refractivity contribution >= 4 is 71.0 Å². The van der Waals surface area contributed by atoms with E-state index in [4.69, 9.17) is 4.98 Å². The minimum absolute atomic E-state index is 0. The molecule has 7 aromatic rings. The van der Waals surface area contributed by atoms with Crippen LogP contribution >= 0.6 is 0 Å². The number of pyridine rings is 1. The van der Waals surface area contributed by atoms with Crippen LogP contribution in [0.25, 0.3) is 33.9 Å². The molecule has 2 aliphatic heterocycles. The van der Waals surface area contributed by atoms with E-state index in [0.29, 0.717) is 18.4 Å². The second kappa shape index (κ2) is 12.1. The zero-order chi connectivity index (χ0) is 31.5. The molecule has 0 fully saturated rings. The standard InChI is InChI=1S/C27H25BNSi2.C11H7N4.Ir/c1-30(2)23-14-7-5-11-20(23)28-21-12-6-8-15-24(21)31(3,4)26-18-19(17-25(30)27(26)28)22-13-9-10-16-29-22;1-2-5-9-8(4-1)14-11(15-9)10-12-6-3-7-13-10;/h5-17H,1-4H3;1-7H;/q2*-1;. The quantitative estimate of drug-likeness (QED) is 0.199. The molecule has 0 N–H and O–H groups in total. The number of benzene rings is 4. The normalized spacial score (nSPS) is 14.5. The van der Waals surface area contributed by atoms with Crippen molar-refractivity contribution < 1.29 is 20.1 Å². The summed E-state index contributed by atoms with van der Waals surface area (Å²) in [7, 11) is -3.76. The first-order valence-electron chi connectivity index (χ1n) is 15.7. The van der Waals surface area contributed by atoms with Crippen LogP contribution in [0.5, 0.6) is 0 Å². The maximum absolute atomic E-state index is 4.69. The minimum Gasteiger partial charge on any atom is -0.433 e. The molecule has 3 aromatic heterocycles. The number of rotatable bonds is 2. The van der Waals surface area contributed by atoms with E-state index in [9.17, 15) is 0 Å². The van der Waals surface area contributed by atoms with E-state index in [-0.39, 0.29) is 20.1 Å². The van der Waals surface area contributed by atoms with Crippen LogP contribution in [-0.4, -0.2) is 42.8 Å². The molecule has 5 heterocycles. The largest absolute Gasteiger partial charge is 0.433 e. The molecular formula is C38H32BIrN5Si2-2. The van der Waals surface area contributed by atoms with Crippen molar-refractivity contribution in [2.75, 3.05) is 0 Å².